The van der Waals surface area contributed by atoms with Gasteiger partial charge in [-0.15, -0.1) is 23.5 Å². The molecule has 0 spiro atoms. The molecule has 0 bridgehead atoms. The van der Waals surface area contributed by atoms with Gasteiger partial charge in [-0.25, -0.2) is 4.39 Å². The molecule has 2 saturated heterocycles. The number of allylic oxidation sites excluding steroid dienone is 1. The third kappa shape index (κ3) is 8.33. The second-order valence-electron chi connectivity index (χ2n) is 11.7. The molecule has 1 aromatic heterocycles. The smallest absolute Gasteiger partial charge is 0.290 e. The Bertz CT molecular complexity index is 1990. The molecule has 4 amide bonds. The number of hydrogen-bond donors (Lipinski definition) is 3. The molecular formula is C34H28Cl2FN5O7S2. The number of hydrogen-bond acceptors (Lipinski definition) is 9. The van der Waals surface area contributed by atoms with Crippen LogP contribution in [0.25, 0.3) is 0 Å². The molecule has 3 N–H and O–H groups in total. The average molecular weight is 773 g/mol. The molecule has 0 radical (unpaired) electrons. The van der Waals surface area contributed by atoms with Gasteiger partial charge in [-0.05, 0) is 54.0 Å². The summed E-state index contributed by atoms with van der Waals surface area (Å²) < 4.78 is 15.2. The Morgan fingerprint density at radius 1 is 1.08 bits per heavy atom. The lowest BCUT2D eigenvalue weighted by atomic mass is 10.0. The van der Waals surface area contributed by atoms with E-state index in [4.69, 9.17) is 23.2 Å². The minimum absolute atomic E-state index is 0.0115. The van der Waals surface area contributed by atoms with Crippen molar-refractivity contribution in [2.24, 2.45) is 0 Å². The fraction of sp³-hybridized carbons (Fsp3) is 0.235. The first kappa shape index (κ1) is 36.2. The number of rotatable bonds is 11. The van der Waals surface area contributed by atoms with E-state index in [1.165, 1.54) is 35.7 Å². The van der Waals surface area contributed by atoms with Crippen LogP contribution in [0, 0.1) is 5.82 Å². The Morgan fingerprint density at radius 3 is 2.49 bits per heavy atom. The first-order chi connectivity index (χ1) is 24.4. The minimum atomic E-state index is -1.55. The lowest BCUT2D eigenvalue weighted by Crippen LogP contribution is -2.71. The number of benzene rings is 2. The number of likely N-dealkylation sites (tertiary alicyclic amines) is 1. The predicted octanol–water partition coefficient (Wildman–Crippen LogP) is 2.62. The summed E-state index contributed by atoms with van der Waals surface area (Å²) >= 11 is 14.5. The van der Waals surface area contributed by atoms with E-state index in [0.29, 0.717) is 33.5 Å². The summed E-state index contributed by atoms with van der Waals surface area (Å²) in [6.07, 6.45) is 5.22. The highest BCUT2D eigenvalue weighted by molar-refractivity contribution is 8.00. The zero-order valence-electron chi connectivity index (χ0n) is 26.4. The predicted molar refractivity (Wildman–Crippen MR) is 186 cm³/mol. The lowest BCUT2D eigenvalue weighted by Gasteiger charge is -2.50. The van der Waals surface area contributed by atoms with Gasteiger partial charge in [0, 0.05) is 63.2 Å². The molecule has 4 heterocycles. The van der Waals surface area contributed by atoms with E-state index in [2.05, 4.69) is 10.6 Å². The van der Waals surface area contributed by atoms with E-state index >= 15 is 0 Å². The molecule has 3 aliphatic heterocycles. The standard InChI is InChI=1S/C34H28Cl2FN5O7S2/c35-21-10-22(36)12-24(11-21)50-17-28(45)39-29-32(47)42-30(34(48)49)20(16-51-33(29)42)9-19-5-8-41(31(19)46)14-18-3-6-40(7-4-18)15-27(44)38-23-1-2-26(43)25(37)13-23/h1-4,6-7,9-13,29,33H,5,8,14-17H2,(H3-,38,39,43,44,45,48,49)/t29-,33-/m1/s1. The summed E-state index contributed by atoms with van der Waals surface area (Å²) in [6.45, 7) is 0.608. The number of thioether (sulfide) groups is 2. The van der Waals surface area contributed by atoms with Gasteiger partial charge in [0.05, 0.1) is 17.4 Å². The van der Waals surface area contributed by atoms with Crippen LogP contribution in [-0.4, -0.2) is 74.0 Å². The van der Waals surface area contributed by atoms with Crippen molar-refractivity contribution >= 4 is 82.0 Å². The average Bonchev–Trinajstić information content (AvgIpc) is 3.42. The van der Waals surface area contributed by atoms with Gasteiger partial charge < -0.3 is 30.5 Å². The molecule has 0 saturated carbocycles. The minimum Gasteiger partial charge on any atom is -0.543 e. The van der Waals surface area contributed by atoms with E-state index in [1.54, 1.807) is 52.2 Å². The van der Waals surface area contributed by atoms with Crippen molar-refractivity contribution in [3.63, 3.8) is 0 Å². The van der Waals surface area contributed by atoms with Crippen molar-refractivity contribution in [1.82, 2.24) is 15.1 Å². The number of phenolic OH excluding ortho intramolecular Hbond substituents is 1. The number of aromatic hydroxyl groups is 1. The van der Waals surface area contributed by atoms with Crippen molar-refractivity contribution in [1.29, 1.82) is 0 Å². The Hall–Kier alpha value is -4.57. The largest absolute Gasteiger partial charge is 0.543 e. The van der Waals surface area contributed by atoms with Gasteiger partial charge in [-0.3, -0.25) is 24.1 Å². The molecule has 3 aliphatic rings. The molecule has 2 atom stereocenters. The number of carbonyl (C=O) groups excluding carboxylic acids is 5. The van der Waals surface area contributed by atoms with Crippen LogP contribution < -0.4 is 20.3 Å². The third-order valence-corrected chi connectivity index (χ3v) is 10.9. The van der Waals surface area contributed by atoms with Crippen LogP contribution in [0.2, 0.25) is 10.0 Å². The molecule has 2 fully saturated rings. The number of aliphatic carboxylic acids is 1. The number of aromatic nitrogens is 1. The van der Waals surface area contributed by atoms with Crippen LogP contribution in [0.1, 0.15) is 12.0 Å². The summed E-state index contributed by atoms with van der Waals surface area (Å²) in [4.78, 5) is 67.1. The maximum absolute atomic E-state index is 13.6. The Labute approximate surface area is 309 Å². The molecule has 0 unspecified atom stereocenters. The SMILES string of the molecule is O=C(C[n+]1ccc(CN2CCC(=CC3=C(C(=O)[O-])N4C(=O)[C@@H](NC(=O)CSc5cc(Cl)cc(Cl)c5)[C@H]4SC3)C2=O)cc1)Nc1ccc(O)c(F)c1. The van der Waals surface area contributed by atoms with Crippen LogP contribution in [0.5, 0.6) is 5.75 Å². The van der Waals surface area contributed by atoms with Gasteiger partial charge in [0.15, 0.2) is 24.0 Å². The topological polar surface area (TPSA) is 163 Å². The van der Waals surface area contributed by atoms with Gasteiger partial charge >= 0.3 is 0 Å². The quantitative estimate of drug-likeness (QED) is 0.0875. The number of amides is 4. The molecule has 17 heteroatoms. The zero-order valence-corrected chi connectivity index (χ0v) is 29.6. The maximum Gasteiger partial charge on any atom is 0.290 e. The number of carbonyl (C=O) groups is 5. The molecule has 51 heavy (non-hydrogen) atoms. The number of pyridine rings is 1. The highest BCUT2D eigenvalue weighted by Crippen LogP contribution is 2.41. The Kier molecular flexibility index (Phi) is 10.9. The van der Waals surface area contributed by atoms with E-state index in [0.717, 1.165) is 22.6 Å². The van der Waals surface area contributed by atoms with Gasteiger partial charge in [-0.2, -0.15) is 4.57 Å². The van der Waals surface area contributed by atoms with Gasteiger partial charge in [-0.1, -0.05) is 23.2 Å². The summed E-state index contributed by atoms with van der Waals surface area (Å²) in [5.41, 5.74) is 1.36. The van der Waals surface area contributed by atoms with Crippen molar-refractivity contribution in [3.8, 4) is 5.75 Å². The molecule has 3 aromatic rings. The number of halogens is 3. The number of anilines is 1. The van der Waals surface area contributed by atoms with Crippen molar-refractivity contribution in [2.75, 3.05) is 23.4 Å². The second-order valence-corrected chi connectivity index (χ2v) is 14.8. The normalized spacial score (nSPS) is 19.2. The zero-order chi connectivity index (χ0) is 36.4. The summed E-state index contributed by atoms with van der Waals surface area (Å²) in [5, 5.41) is 27.0. The Balaban J connectivity index is 1.04. The molecule has 264 valence electrons. The lowest BCUT2D eigenvalue weighted by molar-refractivity contribution is -0.684. The summed E-state index contributed by atoms with van der Waals surface area (Å²) in [6, 6.07) is 11.0. The first-order valence-electron chi connectivity index (χ1n) is 15.4. The van der Waals surface area contributed by atoms with Crippen molar-refractivity contribution in [3.05, 3.63) is 105 Å². The number of carboxylic acids is 1. The van der Waals surface area contributed by atoms with Gasteiger partial charge in [0.1, 0.15) is 11.4 Å². The van der Waals surface area contributed by atoms with Crippen LogP contribution >= 0.6 is 46.7 Å². The van der Waals surface area contributed by atoms with E-state index in [-0.39, 0.29) is 47.5 Å². The van der Waals surface area contributed by atoms with Crippen LogP contribution in [0.3, 0.4) is 0 Å². The molecule has 6 rings (SSSR count). The monoisotopic (exact) mass is 771 g/mol. The van der Waals surface area contributed by atoms with Crippen LogP contribution in [0.4, 0.5) is 10.1 Å². The number of phenols is 1. The number of nitrogens with zero attached hydrogens (tertiary/aromatic N) is 3. The van der Waals surface area contributed by atoms with Crippen molar-refractivity contribution in [2.45, 2.75) is 35.8 Å². The maximum atomic E-state index is 13.6. The highest BCUT2D eigenvalue weighted by atomic mass is 35.5. The van der Waals surface area contributed by atoms with Gasteiger partial charge in [0.2, 0.25) is 18.4 Å². The van der Waals surface area contributed by atoms with E-state index in [9.17, 15) is 38.6 Å². The molecular weight excluding hydrogens is 744 g/mol. The highest BCUT2D eigenvalue weighted by Gasteiger charge is 2.52. The van der Waals surface area contributed by atoms with E-state index in [1.807, 2.05) is 0 Å². The summed E-state index contributed by atoms with van der Waals surface area (Å²) in [7, 11) is 0. The first-order valence-corrected chi connectivity index (χ1v) is 18.2. The number of β-lactam (4-membered cyclic amide) rings is 1. The fourth-order valence-electron chi connectivity index (χ4n) is 5.75. The fourth-order valence-corrected chi connectivity index (χ4v) is 8.51. The molecule has 2 aromatic carbocycles. The second kappa shape index (κ2) is 15.4. The molecule has 12 nitrogen and oxygen atoms in total. The van der Waals surface area contributed by atoms with Crippen LogP contribution in [0.15, 0.2) is 88.7 Å². The number of carboxylic acid groups (broad SMARTS) is 1. The van der Waals surface area contributed by atoms with E-state index < -0.39 is 46.7 Å². The van der Waals surface area contributed by atoms with Crippen LogP contribution in [-0.2, 0) is 37.1 Å². The van der Waals surface area contributed by atoms with Crippen molar-refractivity contribution < 1.29 is 43.1 Å². The number of fused-ring (bicyclic) bond motifs is 1. The molecule has 0 aliphatic carbocycles. The third-order valence-electron chi connectivity index (χ3n) is 8.17. The Morgan fingerprint density at radius 2 is 1.80 bits per heavy atom. The number of nitrogens with one attached hydrogen (secondary N) is 2. The van der Waals surface area contributed by atoms with Gasteiger partial charge in [0.25, 0.3) is 11.8 Å². The summed E-state index contributed by atoms with van der Waals surface area (Å²) in [5.74, 6) is -4.43.